The predicted molar refractivity (Wildman–Crippen MR) is 77.2 cm³/mol. The van der Waals surface area contributed by atoms with Gasteiger partial charge in [-0.2, -0.15) is 0 Å². The number of halogens is 1. The summed E-state index contributed by atoms with van der Waals surface area (Å²) >= 11 is 6.11. The van der Waals surface area contributed by atoms with E-state index in [1.165, 1.54) is 0 Å². The Bertz CT molecular complexity index is 634. The van der Waals surface area contributed by atoms with Crippen molar-refractivity contribution in [2.75, 3.05) is 6.54 Å². The number of aldehydes is 1. The molecule has 2 aromatic rings. The maximum absolute atomic E-state index is 11.9. The third-order valence-corrected chi connectivity index (χ3v) is 3.10. The number of hydrogen-bond acceptors (Lipinski definition) is 3. The van der Waals surface area contributed by atoms with Crippen molar-refractivity contribution in [3.8, 4) is 11.3 Å². The fourth-order valence-corrected chi connectivity index (χ4v) is 1.97. The van der Waals surface area contributed by atoms with E-state index in [9.17, 15) is 9.59 Å². The van der Waals surface area contributed by atoms with Gasteiger partial charge in [-0.15, -0.1) is 0 Å². The predicted octanol–water partition coefficient (Wildman–Crippen LogP) is 3.55. The largest absolute Gasteiger partial charge is 0.453 e. The van der Waals surface area contributed by atoms with Crippen LogP contribution >= 0.6 is 11.6 Å². The van der Waals surface area contributed by atoms with Crippen LogP contribution in [-0.4, -0.2) is 18.7 Å². The molecule has 0 atom stereocenters. The maximum atomic E-state index is 11.9. The van der Waals surface area contributed by atoms with E-state index in [4.69, 9.17) is 16.0 Å². The lowest BCUT2D eigenvalue weighted by Gasteiger charge is -2.06. The van der Waals surface area contributed by atoms with Crippen LogP contribution in [0.25, 0.3) is 11.3 Å². The molecule has 1 aromatic heterocycles. The summed E-state index contributed by atoms with van der Waals surface area (Å²) in [5.41, 5.74) is 1.09. The van der Waals surface area contributed by atoms with Gasteiger partial charge in [0.15, 0.2) is 12.0 Å². The highest BCUT2D eigenvalue weighted by Crippen LogP contribution is 2.30. The molecule has 0 saturated carbocycles. The third kappa shape index (κ3) is 3.08. The maximum Gasteiger partial charge on any atom is 0.251 e. The van der Waals surface area contributed by atoms with Gasteiger partial charge in [-0.25, -0.2) is 0 Å². The molecule has 0 bridgehead atoms. The fourth-order valence-electron chi connectivity index (χ4n) is 1.76. The fraction of sp³-hybridized carbons (Fsp3) is 0.200. The molecule has 0 aliphatic heterocycles. The zero-order valence-corrected chi connectivity index (χ0v) is 11.7. The first-order valence-electron chi connectivity index (χ1n) is 6.29. The Kier molecular flexibility index (Phi) is 4.58. The minimum Gasteiger partial charge on any atom is -0.453 e. The summed E-state index contributed by atoms with van der Waals surface area (Å²) in [7, 11) is 0. The van der Waals surface area contributed by atoms with Gasteiger partial charge in [0.05, 0.1) is 5.02 Å². The molecule has 1 aromatic carbocycles. The summed E-state index contributed by atoms with van der Waals surface area (Å²) in [6, 6.07) is 8.16. The van der Waals surface area contributed by atoms with Crippen LogP contribution in [0.5, 0.6) is 0 Å². The molecule has 1 amide bonds. The summed E-state index contributed by atoms with van der Waals surface area (Å²) in [4.78, 5) is 22.6. The van der Waals surface area contributed by atoms with Crippen LogP contribution in [0.3, 0.4) is 0 Å². The van der Waals surface area contributed by atoms with Gasteiger partial charge in [0.1, 0.15) is 5.76 Å². The van der Waals surface area contributed by atoms with Crippen LogP contribution in [0.15, 0.2) is 34.7 Å². The molecular formula is C15H14ClNO3. The first-order chi connectivity index (χ1) is 9.65. The van der Waals surface area contributed by atoms with Crippen molar-refractivity contribution in [2.24, 2.45) is 0 Å². The van der Waals surface area contributed by atoms with Crippen LogP contribution in [0.1, 0.15) is 34.3 Å². The van der Waals surface area contributed by atoms with E-state index in [0.29, 0.717) is 34.7 Å². The molecule has 1 heterocycles. The van der Waals surface area contributed by atoms with Crippen molar-refractivity contribution < 1.29 is 14.0 Å². The number of benzene rings is 1. The highest BCUT2D eigenvalue weighted by Gasteiger charge is 2.12. The second-order valence-corrected chi connectivity index (χ2v) is 4.68. The standard InChI is InChI=1S/C15H14ClNO3/c1-2-7-17-15(19)10-3-5-13(16)12(8-10)14-6-4-11(9-18)20-14/h3-6,8-9H,2,7H2,1H3,(H,17,19). The summed E-state index contributed by atoms with van der Waals surface area (Å²) < 4.78 is 5.33. The van der Waals surface area contributed by atoms with Gasteiger partial charge in [-0.1, -0.05) is 18.5 Å². The molecule has 0 unspecified atom stereocenters. The number of hydrogen-bond donors (Lipinski definition) is 1. The topological polar surface area (TPSA) is 59.3 Å². The minimum atomic E-state index is -0.160. The normalized spacial score (nSPS) is 10.3. The van der Waals surface area contributed by atoms with E-state index in [1.54, 1.807) is 30.3 Å². The van der Waals surface area contributed by atoms with Crippen molar-refractivity contribution in [1.29, 1.82) is 0 Å². The Morgan fingerprint density at radius 2 is 2.15 bits per heavy atom. The molecule has 1 N–H and O–H groups in total. The molecule has 4 nitrogen and oxygen atoms in total. The zero-order chi connectivity index (χ0) is 14.5. The highest BCUT2D eigenvalue weighted by atomic mass is 35.5. The van der Waals surface area contributed by atoms with Crippen molar-refractivity contribution in [2.45, 2.75) is 13.3 Å². The molecule has 104 valence electrons. The van der Waals surface area contributed by atoms with Gasteiger partial charge in [-0.05, 0) is 36.8 Å². The summed E-state index contributed by atoms with van der Waals surface area (Å²) in [5.74, 6) is 0.520. The van der Waals surface area contributed by atoms with E-state index in [2.05, 4.69) is 5.32 Å². The molecule has 0 radical (unpaired) electrons. The monoisotopic (exact) mass is 291 g/mol. The van der Waals surface area contributed by atoms with Crippen LogP contribution < -0.4 is 5.32 Å². The summed E-state index contributed by atoms with van der Waals surface area (Å²) in [6.07, 6.45) is 1.49. The summed E-state index contributed by atoms with van der Waals surface area (Å²) in [5, 5.41) is 3.26. The SMILES string of the molecule is CCCNC(=O)c1ccc(Cl)c(-c2ccc(C=O)o2)c1. The van der Waals surface area contributed by atoms with Crippen LogP contribution in [0.4, 0.5) is 0 Å². The third-order valence-electron chi connectivity index (χ3n) is 2.77. The Balaban J connectivity index is 2.33. The van der Waals surface area contributed by atoms with Crippen LogP contribution in [0.2, 0.25) is 5.02 Å². The molecule has 0 aliphatic carbocycles. The first kappa shape index (κ1) is 14.3. The van der Waals surface area contributed by atoms with E-state index in [1.807, 2.05) is 6.92 Å². The quantitative estimate of drug-likeness (QED) is 0.857. The highest BCUT2D eigenvalue weighted by molar-refractivity contribution is 6.33. The van der Waals surface area contributed by atoms with Gasteiger partial charge in [0.25, 0.3) is 5.91 Å². The minimum absolute atomic E-state index is 0.160. The molecule has 5 heteroatoms. The molecule has 0 aliphatic rings. The van der Waals surface area contributed by atoms with Gasteiger partial charge < -0.3 is 9.73 Å². The molecule has 0 spiro atoms. The summed E-state index contributed by atoms with van der Waals surface area (Å²) in [6.45, 7) is 2.60. The number of carbonyl (C=O) groups is 2. The average Bonchev–Trinajstić information content (AvgIpc) is 2.94. The second kappa shape index (κ2) is 6.39. The average molecular weight is 292 g/mol. The Labute approximate surface area is 121 Å². The number of furan rings is 1. The molecule has 0 fully saturated rings. The van der Waals surface area contributed by atoms with Crippen molar-refractivity contribution in [3.05, 3.63) is 46.7 Å². The zero-order valence-electron chi connectivity index (χ0n) is 11.0. The lowest BCUT2D eigenvalue weighted by atomic mass is 10.1. The van der Waals surface area contributed by atoms with Crippen LogP contribution in [0, 0.1) is 0 Å². The lowest BCUT2D eigenvalue weighted by molar-refractivity contribution is 0.0953. The van der Waals surface area contributed by atoms with E-state index >= 15 is 0 Å². The van der Waals surface area contributed by atoms with E-state index in [0.717, 1.165) is 6.42 Å². The Hall–Kier alpha value is -2.07. The first-order valence-corrected chi connectivity index (χ1v) is 6.66. The Morgan fingerprint density at radius 1 is 1.35 bits per heavy atom. The van der Waals surface area contributed by atoms with E-state index < -0.39 is 0 Å². The van der Waals surface area contributed by atoms with Crippen molar-refractivity contribution >= 4 is 23.8 Å². The van der Waals surface area contributed by atoms with E-state index in [-0.39, 0.29) is 11.7 Å². The number of rotatable bonds is 5. The lowest BCUT2D eigenvalue weighted by Crippen LogP contribution is -2.23. The van der Waals surface area contributed by atoms with Crippen LogP contribution in [-0.2, 0) is 0 Å². The Morgan fingerprint density at radius 3 is 2.80 bits per heavy atom. The second-order valence-electron chi connectivity index (χ2n) is 4.27. The smallest absolute Gasteiger partial charge is 0.251 e. The van der Waals surface area contributed by atoms with Gasteiger partial charge in [0.2, 0.25) is 0 Å². The molecule has 2 rings (SSSR count). The van der Waals surface area contributed by atoms with Gasteiger partial charge in [-0.3, -0.25) is 9.59 Å². The molecular weight excluding hydrogens is 278 g/mol. The molecule has 0 saturated heterocycles. The molecule has 20 heavy (non-hydrogen) atoms. The number of nitrogens with one attached hydrogen (secondary N) is 1. The van der Waals surface area contributed by atoms with Crippen molar-refractivity contribution in [1.82, 2.24) is 5.32 Å². The van der Waals surface area contributed by atoms with Gasteiger partial charge >= 0.3 is 0 Å². The number of carbonyl (C=O) groups excluding carboxylic acids is 2. The van der Waals surface area contributed by atoms with Crippen molar-refractivity contribution in [3.63, 3.8) is 0 Å². The number of amides is 1. The van der Waals surface area contributed by atoms with Gasteiger partial charge in [0, 0.05) is 17.7 Å².